The van der Waals surface area contributed by atoms with Crippen LogP contribution in [0.25, 0.3) is 10.8 Å². The van der Waals surface area contributed by atoms with Crippen LogP contribution in [0.5, 0.6) is 0 Å². The summed E-state index contributed by atoms with van der Waals surface area (Å²) < 4.78 is 0. The Morgan fingerprint density at radius 1 is 1.23 bits per heavy atom. The first kappa shape index (κ1) is 10.2. The van der Waals surface area contributed by atoms with Crippen LogP contribution in [0.2, 0.25) is 0 Å². The molecule has 0 spiro atoms. The van der Waals surface area contributed by atoms with Gasteiger partial charge in [0.1, 0.15) is 0 Å². The third-order valence-corrected chi connectivity index (χ3v) is 2.14. The van der Waals surface area contributed by atoms with Crippen molar-refractivity contribution in [1.82, 2.24) is 0 Å². The van der Waals surface area contributed by atoms with E-state index < -0.39 is 0 Å². The number of rotatable bonds is 2. The molecule has 0 fully saturated rings. The summed E-state index contributed by atoms with van der Waals surface area (Å²) >= 11 is 0. The Kier molecular flexibility index (Phi) is 3.48. The van der Waals surface area contributed by atoms with Crippen molar-refractivity contribution in [2.45, 2.75) is 6.42 Å². The number of benzene rings is 1. The summed E-state index contributed by atoms with van der Waals surface area (Å²) in [6, 6.07) is 12.8. The second kappa shape index (κ2) is 4.42. The summed E-state index contributed by atoms with van der Waals surface area (Å²) in [6.07, 6.45) is 2.91. The average Bonchev–Trinajstić information content (AvgIpc) is 2.50. The molecule has 0 saturated heterocycles. The Morgan fingerprint density at radius 3 is 2.77 bits per heavy atom. The van der Waals surface area contributed by atoms with Crippen molar-refractivity contribution < 1.29 is 18.9 Å². The molecule has 0 aromatic heterocycles. The summed E-state index contributed by atoms with van der Waals surface area (Å²) in [4.78, 5) is 0. The molecule has 13 heavy (non-hydrogen) atoms. The molecule has 60 valence electrons. The van der Waals surface area contributed by atoms with Gasteiger partial charge in [-0.05, 0) is 6.42 Å². The van der Waals surface area contributed by atoms with Crippen LogP contribution in [0.15, 0.2) is 49.1 Å². The van der Waals surface area contributed by atoms with E-state index in [1.54, 1.807) is 0 Å². The minimum absolute atomic E-state index is 0. The van der Waals surface area contributed by atoms with E-state index in [-0.39, 0.29) is 18.9 Å². The largest absolute Gasteiger partial charge is 1.00 e. The van der Waals surface area contributed by atoms with Gasteiger partial charge in [0.25, 0.3) is 0 Å². The van der Waals surface area contributed by atoms with Gasteiger partial charge >= 0.3 is 18.9 Å². The minimum atomic E-state index is 0. The molecule has 0 aliphatic heterocycles. The number of allylic oxidation sites excluding steroid dienone is 1. The van der Waals surface area contributed by atoms with E-state index in [2.05, 4.69) is 43.0 Å². The van der Waals surface area contributed by atoms with Gasteiger partial charge in [0.15, 0.2) is 0 Å². The van der Waals surface area contributed by atoms with Crippen molar-refractivity contribution in [3.8, 4) is 0 Å². The zero-order valence-corrected chi connectivity index (χ0v) is 7.96. The molecular formula is C12H11Li. The summed E-state index contributed by atoms with van der Waals surface area (Å²) in [6.45, 7) is 3.74. The molecule has 0 unspecified atom stereocenters. The molecule has 0 radical (unpaired) electrons. The molecule has 0 nitrogen and oxygen atoms in total. The zero-order chi connectivity index (χ0) is 8.39. The zero-order valence-electron chi connectivity index (χ0n) is 7.96. The van der Waals surface area contributed by atoms with Crippen LogP contribution in [-0.2, 0) is 6.42 Å². The van der Waals surface area contributed by atoms with Crippen molar-refractivity contribution in [3.63, 3.8) is 0 Å². The molecular weight excluding hydrogens is 151 g/mol. The SMILES string of the molecule is C=CC[c-]1ccc2ccccc21.[Li+]. The van der Waals surface area contributed by atoms with Gasteiger partial charge in [-0.25, -0.2) is 0 Å². The smallest absolute Gasteiger partial charge is 0.168 e. The molecule has 2 aromatic carbocycles. The Morgan fingerprint density at radius 2 is 2.00 bits per heavy atom. The van der Waals surface area contributed by atoms with E-state index in [4.69, 9.17) is 0 Å². The van der Waals surface area contributed by atoms with Gasteiger partial charge in [-0.3, -0.25) is 0 Å². The van der Waals surface area contributed by atoms with Crippen LogP contribution >= 0.6 is 0 Å². The fourth-order valence-electron chi connectivity index (χ4n) is 1.55. The maximum Gasteiger partial charge on any atom is 1.00 e. The van der Waals surface area contributed by atoms with E-state index in [1.165, 1.54) is 16.3 Å². The summed E-state index contributed by atoms with van der Waals surface area (Å²) in [5.41, 5.74) is 1.38. The summed E-state index contributed by atoms with van der Waals surface area (Å²) in [5.74, 6) is 0. The molecule has 0 heterocycles. The molecule has 0 saturated carbocycles. The molecule has 1 heteroatoms. The van der Waals surface area contributed by atoms with Crippen LogP contribution in [0, 0.1) is 0 Å². The quantitative estimate of drug-likeness (QED) is 0.338. The predicted molar refractivity (Wildman–Crippen MR) is 53.4 cm³/mol. The van der Waals surface area contributed by atoms with E-state index in [0.717, 1.165) is 6.42 Å². The van der Waals surface area contributed by atoms with Gasteiger partial charge in [-0.1, -0.05) is 12.1 Å². The Hall–Kier alpha value is -0.833. The van der Waals surface area contributed by atoms with Crippen LogP contribution in [-0.4, -0.2) is 0 Å². The normalized spacial score (nSPS) is 9.54. The van der Waals surface area contributed by atoms with Gasteiger partial charge in [-0.15, -0.1) is 47.2 Å². The molecule has 0 bridgehead atoms. The maximum absolute atomic E-state index is 3.74. The summed E-state index contributed by atoms with van der Waals surface area (Å²) in [7, 11) is 0. The third-order valence-electron chi connectivity index (χ3n) is 2.14. The van der Waals surface area contributed by atoms with Gasteiger partial charge in [0.2, 0.25) is 0 Å². The molecule has 0 aliphatic carbocycles. The van der Waals surface area contributed by atoms with E-state index in [0.29, 0.717) is 0 Å². The minimum Gasteiger partial charge on any atom is -0.168 e. The van der Waals surface area contributed by atoms with E-state index in [9.17, 15) is 0 Å². The van der Waals surface area contributed by atoms with Gasteiger partial charge < -0.3 is 0 Å². The molecule has 2 rings (SSSR count). The van der Waals surface area contributed by atoms with Crippen molar-refractivity contribution >= 4 is 10.8 Å². The van der Waals surface area contributed by atoms with E-state index >= 15 is 0 Å². The van der Waals surface area contributed by atoms with Crippen molar-refractivity contribution in [2.24, 2.45) is 0 Å². The Balaban J connectivity index is 0.000000845. The monoisotopic (exact) mass is 162 g/mol. The Labute approximate surface area is 90.8 Å². The Bertz CT molecular complexity index is 398. The molecule has 0 atom stereocenters. The number of hydrogen-bond acceptors (Lipinski definition) is 0. The molecule has 0 amide bonds. The third kappa shape index (κ3) is 1.91. The van der Waals surface area contributed by atoms with Crippen LogP contribution in [0.4, 0.5) is 0 Å². The van der Waals surface area contributed by atoms with Crippen LogP contribution in [0.1, 0.15) is 5.56 Å². The number of hydrogen-bond donors (Lipinski definition) is 0. The average molecular weight is 162 g/mol. The second-order valence-electron chi connectivity index (χ2n) is 2.94. The number of fused-ring (bicyclic) bond motifs is 1. The van der Waals surface area contributed by atoms with Crippen molar-refractivity contribution in [1.29, 1.82) is 0 Å². The fourth-order valence-corrected chi connectivity index (χ4v) is 1.55. The first-order chi connectivity index (χ1) is 5.92. The van der Waals surface area contributed by atoms with Crippen molar-refractivity contribution in [2.75, 3.05) is 0 Å². The van der Waals surface area contributed by atoms with E-state index in [1.807, 2.05) is 6.08 Å². The first-order valence-electron chi connectivity index (χ1n) is 4.16. The van der Waals surface area contributed by atoms with Crippen LogP contribution < -0.4 is 18.9 Å². The molecule has 0 N–H and O–H groups in total. The van der Waals surface area contributed by atoms with Gasteiger partial charge in [0.05, 0.1) is 0 Å². The van der Waals surface area contributed by atoms with Crippen LogP contribution in [0.3, 0.4) is 0 Å². The van der Waals surface area contributed by atoms with Gasteiger partial charge in [-0.2, -0.15) is 6.07 Å². The molecule has 0 aliphatic rings. The standard InChI is InChI=1S/C12H11.Li/c1-2-5-10-8-9-11-6-3-4-7-12(10)11;/h2-4,6-9H,1,5H2;/q-1;+1. The topological polar surface area (TPSA) is 0 Å². The maximum atomic E-state index is 3.74. The van der Waals surface area contributed by atoms with Crippen molar-refractivity contribution in [3.05, 3.63) is 54.6 Å². The predicted octanol–water partition coefficient (Wildman–Crippen LogP) is 0.291. The van der Waals surface area contributed by atoms with Gasteiger partial charge in [0, 0.05) is 0 Å². The molecule has 2 aromatic rings. The fraction of sp³-hybridized carbons (Fsp3) is 0.0833. The first-order valence-corrected chi connectivity index (χ1v) is 4.16. The summed E-state index contributed by atoms with van der Waals surface area (Å²) in [5, 5.41) is 2.69. The second-order valence-corrected chi connectivity index (χ2v) is 2.94.